The summed E-state index contributed by atoms with van der Waals surface area (Å²) in [4.78, 5) is 36.5. The fourth-order valence-electron chi connectivity index (χ4n) is 5.68. The molecule has 2 atom stereocenters. The first-order valence-corrected chi connectivity index (χ1v) is 11.0. The molecule has 146 valence electrons. The molecule has 0 radical (unpaired) electrons. The molecule has 0 spiro atoms. The van der Waals surface area contributed by atoms with E-state index in [1.807, 2.05) is 0 Å². The number of carbonyl (C=O) groups excluding carboxylic acids is 3. The summed E-state index contributed by atoms with van der Waals surface area (Å²) in [6, 6.07) is 3.42. The molecule has 0 saturated heterocycles. The third-order valence-corrected chi connectivity index (χ3v) is 7.85. The van der Waals surface area contributed by atoms with Gasteiger partial charge in [-0.15, -0.1) is 11.3 Å². The summed E-state index contributed by atoms with van der Waals surface area (Å²) in [7, 11) is 0. The van der Waals surface area contributed by atoms with E-state index in [-0.39, 0.29) is 28.2 Å². The lowest BCUT2D eigenvalue weighted by Crippen LogP contribution is -2.53. The Hall–Kier alpha value is -1.41. The van der Waals surface area contributed by atoms with Crippen molar-refractivity contribution in [2.45, 2.75) is 49.3 Å². The standard InChI is InChI=1S/C19H23BrN2O4S/c20-19-7-12-4-13(8-19)6-18(5-12,11-19)9-16(24)26-10-15(23)21-22-17(25)14-2-1-3-27-14/h1-3,12-13H,4-11H2,(H,21,23)(H,22,25)/t12-,13-,18?,19?/m1/s1. The van der Waals surface area contributed by atoms with Gasteiger partial charge in [-0.1, -0.05) is 22.0 Å². The van der Waals surface area contributed by atoms with Crippen LogP contribution in [0, 0.1) is 17.3 Å². The third kappa shape index (κ3) is 4.21. The highest BCUT2D eigenvalue weighted by Crippen LogP contribution is 2.65. The lowest BCUT2D eigenvalue weighted by molar-refractivity contribution is -0.154. The molecule has 4 aliphatic rings. The summed E-state index contributed by atoms with van der Waals surface area (Å²) in [6.45, 7) is -0.383. The van der Waals surface area contributed by atoms with Crippen LogP contribution in [0.2, 0.25) is 0 Å². The van der Waals surface area contributed by atoms with Gasteiger partial charge in [0.15, 0.2) is 6.61 Å². The highest BCUT2D eigenvalue weighted by Gasteiger charge is 2.57. The maximum atomic E-state index is 12.4. The summed E-state index contributed by atoms with van der Waals surface area (Å²) in [5.74, 6) is 0.146. The van der Waals surface area contributed by atoms with Gasteiger partial charge in [-0.2, -0.15) is 0 Å². The second-order valence-corrected chi connectivity index (χ2v) is 11.1. The molecule has 2 amide bonds. The summed E-state index contributed by atoms with van der Waals surface area (Å²) < 4.78 is 5.38. The largest absolute Gasteiger partial charge is 0.455 e. The van der Waals surface area contributed by atoms with E-state index in [2.05, 4.69) is 26.8 Å². The fraction of sp³-hybridized carbons (Fsp3) is 0.632. The Kier molecular flexibility index (Phi) is 5.05. The van der Waals surface area contributed by atoms with Crippen LogP contribution >= 0.6 is 27.3 Å². The molecule has 27 heavy (non-hydrogen) atoms. The summed E-state index contributed by atoms with van der Waals surface area (Å²) >= 11 is 5.22. The average molecular weight is 455 g/mol. The summed E-state index contributed by atoms with van der Waals surface area (Å²) in [5.41, 5.74) is 4.61. The molecule has 0 aliphatic heterocycles. The molecule has 0 aromatic carbocycles. The molecule has 4 aliphatic carbocycles. The number of hydrazine groups is 1. The molecule has 4 bridgehead atoms. The van der Waals surface area contributed by atoms with Crippen molar-refractivity contribution in [3.05, 3.63) is 22.4 Å². The van der Waals surface area contributed by atoms with Crippen LogP contribution in [0.4, 0.5) is 0 Å². The number of carbonyl (C=O) groups is 3. The normalized spacial score (nSPS) is 33.5. The molecule has 6 nitrogen and oxygen atoms in total. The van der Waals surface area contributed by atoms with Crippen LogP contribution in [0.25, 0.3) is 0 Å². The average Bonchev–Trinajstić information content (AvgIpc) is 3.09. The van der Waals surface area contributed by atoms with E-state index < -0.39 is 5.91 Å². The summed E-state index contributed by atoms with van der Waals surface area (Å²) in [5, 5.41) is 1.78. The summed E-state index contributed by atoms with van der Waals surface area (Å²) in [6.07, 6.45) is 7.30. The molecule has 4 fully saturated rings. The predicted octanol–water partition coefficient (Wildman–Crippen LogP) is 3.18. The van der Waals surface area contributed by atoms with Crippen molar-refractivity contribution in [3.63, 3.8) is 0 Å². The first-order chi connectivity index (χ1) is 12.8. The smallest absolute Gasteiger partial charge is 0.306 e. The molecular formula is C19H23BrN2O4S. The lowest BCUT2D eigenvalue weighted by Gasteiger charge is -2.60. The van der Waals surface area contributed by atoms with Gasteiger partial charge in [0, 0.05) is 4.32 Å². The van der Waals surface area contributed by atoms with Crippen molar-refractivity contribution in [3.8, 4) is 0 Å². The van der Waals surface area contributed by atoms with Crippen molar-refractivity contribution >= 4 is 45.1 Å². The monoisotopic (exact) mass is 454 g/mol. The molecule has 2 N–H and O–H groups in total. The van der Waals surface area contributed by atoms with Gasteiger partial charge in [-0.05, 0) is 67.2 Å². The van der Waals surface area contributed by atoms with E-state index in [0.29, 0.717) is 23.1 Å². The van der Waals surface area contributed by atoms with Crippen LogP contribution in [-0.2, 0) is 14.3 Å². The topological polar surface area (TPSA) is 84.5 Å². The molecule has 1 aromatic rings. The zero-order valence-corrected chi connectivity index (χ0v) is 17.4. The van der Waals surface area contributed by atoms with Gasteiger partial charge in [-0.3, -0.25) is 25.2 Å². The van der Waals surface area contributed by atoms with Crippen LogP contribution < -0.4 is 10.9 Å². The van der Waals surface area contributed by atoms with Crippen LogP contribution in [-0.4, -0.2) is 28.7 Å². The number of amides is 2. The van der Waals surface area contributed by atoms with Crippen LogP contribution in [0.1, 0.15) is 54.6 Å². The highest BCUT2D eigenvalue weighted by atomic mass is 79.9. The van der Waals surface area contributed by atoms with E-state index in [9.17, 15) is 14.4 Å². The number of hydrogen-bond donors (Lipinski definition) is 2. The Balaban J connectivity index is 1.23. The first-order valence-electron chi connectivity index (χ1n) is 9.32. The lowest BCUT2D eigenvalue weighted by atomic mass is 9.49. The Labute approximate surface area is 170 Å². The predicted molar refractivity (Wildman–Crippen MR) is 104 cm³/mol. The SMILES string of the molecule is O=C(COC(=O)CC12C[C@H]3C[C@@H](CC(Br)(C3)C1)C2)NNC(=O)c1cccs1. The minimum absolute atomic E-state index is 0.0224. The van der Waals surface area contributed by atoms with E-state index in [0.717, 1.165) is 19.3 Å². The number of thiophene rings is 1. The molecule has 5 rings (SSSR count). The maximum absolute atomic E-state index is 12.4. The van der Waals surface area contributed by atoms with Gasteiger partial charge in [0.05, 0.1) is 11.3 Å². The van der Waals surface area contributed by atoms with Crippen molar-refractivity contribution in [1.82, 2.24) is 10.9 Å². The van der Waals surface area contributed by atoms with Crippen molar-refractivity contribution < 1.29 is 19.1 Å². The Morgan fingerprint density at radius 1 is 1.19 bits per heavy atom. The van der Waals surface area contributed by atoms with E-state index in [4.69, 9.17) is 4.74 Å². The minimum atomic E-state index is -0.546. The van der Waals surface area contributed by atoms with Gasteiger partial charge in [0.1, 0.15) is 0 Å². The quantitative estimate of drug-likeness (QED) is 0.406. The Morgan fingerprint density at radius 3 is 2.56 bits per heavy atom. The zero-order chi connectivity index (χ0) is 19.1. The fourth-order valence-corrected chi connectivity index (χ4v) is 7.81. The second kappa shape index (κ2) is 7.20. The molecule has 1 heterocycles. The molecule has 4 saturated carbocycles. The van der Waals surface area contributed by atoms with Gasteiger partial charge >= 0.3 is 5.97 Å². The Bertz CT molecular complexity index is 737. The number of ether oxygens (including phenoxy) is 1. The molecule has 1 aromatic heterocycles. The van der Waals surface area contributed by atoms with Crippen molar-refractivity contribution in [1.29, 1.82) is 0 Å². The third-order valence-electron chi connectivity index (χ3n) is 6.05. The van der Waals surface area contributed by atoms with Crippen LogP contribution in [0.15, 0.2) is 17.5 Å². The zero-order valence-electron chi connectivity index (χ0n) is 15.0. The minimum Gasteiger partial charge on any atom is -0.455 e. The number of halogens is 1. The maximum Gasteiger partial charge on any atom is 0.306 e. The van der Waals surface area contributed by atoms with E-state index in [1.165, 1.54) is 30.6 Å². The first kappa shape index (κ1) is 18.9. The van der Waals surface area contributed by atoms with Crippen LogP contribution in [0.3, 0.4) is 0 Å². The van der Waals surface area contributed by atoms with E-state index in [1.54, 1.807) is 17.5 Å². The Morgan fingerprint density at radius 2 is 1.93 bits per heavy atom. The molecule has 0 unspecified atom stereocenters. The van der Waals surface area contributed by atoms with Gasteiger partial charge in [-0.25, -0.2) is 0 Å². The number of rotatable bonds is 5. The molecular weight excluding hydrogens is 432 g/mol. The number of nitrogens with one attached hydrogen (secondary N) is 2. The number of esters is 1. The highest BCUT2D eigenvalue weighted by molar-refractivity contribution is 9.10. The van der Waals surface area contributed by atoms with Crippen molar-refractivity contribution in [2.24, 2.45) is 17.3 Å². The van der Waals surface area contributed by atoms with Gasteiger partial charge in [0.2, 0.25) is 0 Å². The molecule has 8 heteroatoms. The van der Waals surface area contributed by atoms with E-state index >= 15 is 0 Å². The number of alkyl halides is 1. The van der Waals surface area contributed by atoms with Crippen molar-refractivity contribution in [2.75, 3.05) is 6.61 Å². The van der Waals surface area contributed by atoms with Gasteiger partial charge in [0.25, 0.3) is 11.8 Å². The second-order valence-electron chi connectivity index (χ2n) is 8.43. The van der Waals surface area contributed by atoms with Crippen LogP contribution in [0.5, 0.6) is 0 Å². The number of hydrogen-bond acceptors (Lipinski definition) is 5. The van der Waals surface area contributed by atoms with Gasteiger partial charge < -0.3 is 4.74 Å².